The number of guanidine groups is 1. The zero-order valence-electron chi connectivity index (χ0n) is 10.1. The Bertz CT molecular complexity index is 417. The molecule has 1 aromatic heterocycles. The van der Waals surface area contributed by atoms with Crippen LogP contribution < -0.4 is 11.2 Å². The summed E-state index contributed by atoms with van der Waals surface area (Å²) in [5.74, 6) is 0.866. The average Bonchev–Trinajstić information content (AvgIpc) is 2.36. The number of aromatic nitrogens is 1. The molecule has 0 bridgehead atoms. The van der Waals surface area contributed by atoms with Crippen LogP contribution in [-0.4, -0.2) is 17.6 Å². The van der Waals surface area contributed by atoms with Gasteiger partial charge in [0.05, 0.1) is 6.61 Å². The van der Waals surface area contributed by atoms with E-state index in [4.69, 9.17) is 10.6 Å². The van der Waals surface area contributed by atoms with Gasteiger partial charge in [0.2, 0.25) is 5.96 Å². The molecule has 1 aliphatic rings. The number of nitrogens with zero attached hydrogens (tertiary/aromatic N) is 2. The highest BCUT2D eigenvalue weighted by molar-refractivity contribution is 5.79. The lowest BCUT2D eigenvalue weighted by atomic mass is 9.96. The van der Waals surface area contributed by atoms with E-state index < -0.39 is 0 Å². The molecular weight excluding hydrogens is 216 g/mol. The van der Waals surface area contributed by atoms with Gasteiger partial charge in [-0.3, -0.25) is 4.84 Å². The Morgan fingerprint density at radius 1 is 1.47 bits per heavy atom. The van der Waals surface area contributed by atoms with Gasteiger partial charge in [0.1, 0.15) is 0 Å². The first-order valence-corrected chi connectivity index (χ1v) is 6.00. The highest BCUT2D eigenvalue weighted by Crippen LogP contribution is 2.21. The fourth-order valence-corrected chi connectivity index (χ4v) is 1.93. The lowest BCUT2D eigenvalue weighted by molar-refractivity contribution is 0.0960. The molecule has 92 valence electrons. The molecule has 0 unspecified atom stereocenters. The van der Waals surface area contributed by atoms with Crippen LogP contribution in [0.5, 0.6) is 0 Å². The first-order chi connectivity index (χ1) is 8.29. The summed E-state index contributed by atoms with van der Waals surface area (Å²) in [6.07, 6.45) is 4.63. The second-order valence-corrected chi connectivity index (χ2v) is 4.01. The topological polar surface area (TPSA) is 72.5 Å². The van der Waals surface area contributed by atoms with Gasteiger partial charge in [-0.25, -0.2) is 10.5 Å². The van der Waals surface area contributed by atoms with Crippen LogP contribution in [0.3, 0.4) is 0 Å². The smallest absolute Gasteiger partial charge is 0.219 e. The minimum atomic E-state index is 0.232. The fraction of sp³-hybridized carbons (Fsp3) is 0.500. The first kappa shape index (κ1) is 11.9. The predicted molar refractivity (Wildman–Crippen MR) is 66.9 cm³/mol. The number of nitrogens with one attached hydrogen (secondary N) is 1. The lowest BCUT2D eigenvalue weighted by Gasteiger charge is -2.14. The van der Waals surface area contributed by atoms with Gasteiger partial charge in [0.15, 0.2) is 5.82 Å². The average molecular weight is 234 g/mol. The zero-order chi connectivity index (χ0) is 12.1. The maximum atomic E-state index is 5.64. The van der Waals surface area contributed by atoms with E-state index in [0.29, 0.717) is 12.4 Å². The normalized spacial score (nSPS) is 15.5. The Kier molecular flexibility index (Phi) is 3.93. The largest absolute Gasteiger partial charge is 0.368 e. The van der Waals surface area contributed by atoms with Crippen molar-refractivity contribution >= 4 is 11.8 Å². The molecule has 0 amide bonds. The molecule has 0 fully saturated rings. The van der Waals surface area contributed by atoms with Crippen molar-refractivity contribution in [1.82, 2.24) is 10.5 Å². The summed E-state index contributed by atoms with van der Waals surface area (Å²) in [7, 11) is 0. The standard InChI is InChI=1S/C12H18N4O/c1-2-17-16-12(13)15-11-8-7-9-5-3-4-6-10(9)14-11/h7-8H,2-6H2,1H3,(H3,13,14,15,16). The van der Waals surface area contributed by atoms with E-state index in [1.165, 1.54) is 18.4 Å². The van der Waals surface area contributed by atoms with E-state index in [-0.39, 0.29) is 5.96 Å². The molecular formula is C12H18N4O. The number of hydrogen-bond donors (Lipinski definition) is 2. The lowest BCUT2D eigenvalue weighted by Crippen LogP contribution is -2.31. The molecule has 0 saturated heterocycles. The van der Waals surface area contributed by atoms with Crippen molar-refractivity contribution in [2.24, 2.45) is 10.7 Å². The number of hydrogen-bond acceptors (Lipinski definition) is 3. The molecule has 17 heavy (non-hydrogen) atoms. The monoisotopic (exact) mass is 234 g/mol. The molecule has 0 saturated carbocycles. The molecule has 0 atom stereocenters. The van der Waals surface area contributed by atoms with Gasteiger partial charge in [0, 0.05) is 5.69 Å². The predicted octanol–water partition coefficient (Wildman–Crippen LogP) is 1.45. The van der Waals surface area contributed by atoms with Crippen LogP contribution in [0.4, 0.5) is 5.82 Å². The number of hydroxylamine groups is 1. The highest BCUT2D eigenvalue weighted by Gasteiger charge is 2.10. The van der Waals surface area contributed by atoms with Crippen molar-refractivity contribution in [3.63, 3.8) is 0 Å². The number of aryl methyl sites for hydroxylation is 2. The summed E-state index contributed by atoms with van der Waals surface area (Å²) in [5.41, 5.74) is 10.7. The number of fused-ring (bicyclic) bond motifs is 1. The molecule has 3 N–H and O–H groups in total. The van der Waals surface area contributed by atoms with Crippen LogP contribution in [0.15, 0.2) is 17.1 Å². The van der Waals surface area contributed by atoms with Crippen LogP contribution >= 0.6 is 0 Å². The van der Waals surface area contributed by atoms with Crippen LogP contribution in [0.1, 0.15) is 31.0 Å². The second kappa shape index (κ2) is 5.63. The third-order valence-electron chi connectivity index (χ3n) is 2.72. The maximum Gasteiger partial charge on any atom is 0.219 e. The Labute approximate surface area is 101 Å². The number of pyridine rings is 1. The number of rotatable bonds is 3. The van der Waals surface area contributed by atoms with Gasteiger partial charge in [-0.15, -0.1) is 0 Å². The first-order valence-electron chi connectivity index (χ1n) is 6.00. The molecule has 2 rings (SSSR count). The van der Waals surface area contributed by atoms with Crippen molar-refractivity contribution in [2.45, 2.75) is 32.6 Å². The molecule has 5 nitrogen and oxygen atoms in total. The van der Waals surface area contributed by atoms with Crippen molar-refractivity contribution in [2.75, 3.05) is 6.61 Å². The van der Waals surface area contributed by atoms with Crippen molar-refractivity contribution < 1.29 is 4.84 Å². The van der Waals surface area contributed by atoms with Crippen LogP contribution in [-0.2, 0) is 17.7 Å². The summed E-state index contributed by atoms with van der Waals surface area (Å²) in [4.78, 5) is 13.6. The summed E-state index contributed by atoms with van der Waals surface area (Å²) in [5, 5.41) is 0. The third-order valence-corrected chi connectivity index (χ3v) is 2.72. The summed E-state index contributed by atoms with van der Waals surface area (Å²) in [6, 6.07) is 3.99. The minimum Gasteiger partial charge on any atom is -0.368 e. The number of nitrogens with two attached hydrogens (primary N) is 1. The van der Waals surface area contributed by atoms with Gasteiger partial charge in [-0.2, -0.15) is 4.99 Å². The molecule has 1 aromatic rings. The van der Waals surface area contributed by atoms with Gasteiger partial charge < -0.3 is 5.73 Å². The Hall–Kier alpha value is -1.62. The molecule has 1 heterocycles. The SMILES string of the molecule is CCONC(N)=Nc1ccc2c(n1)CCCC2. The van der Waals surface area contributed by atoms with E-state index in [1.54, 1.807) is 0 Å². The summed E-state index contributed by atoms with van der Waals surface area (Å²) >= 11 is 0. The van der Waals surface area contributed by atoms with Crippen LogP contribution in [0, 0.1) is 0 Å². The molecule has 0 spiro atoms. The van der Waals surface area contributed by atoms with E-state index in [1.807, 2.05) is 13.0 Å². The minimum absolute atomic E-state index is 0.232. The van der Waals surface area contributed by atoms with E-state index in [9.17, 15) is 0 Å². The second-order valence-electron chi connectivity index (χ2n) is 4.01. The third kappa shape index (κ3) is 3.17. The van der Waals surface area contributed by atoms with Crippen LogP contribution in [0.2, 0.25) is 0 Å². The number of aliphatic imine (C=N–C) groups is 1. The van der Waals surface area contributed by atoms with E-state index >= 15 is 0 Å². The van der Waals surface area contributed by atoms with E-state index in [2.05, 4.69) is 21.5 Å². The van der Waals surface area contributed by atoms with Gasteiger partial charge in [0.25, 0.3) is 0 Å². The quantitative estimate of drug-likeness (QED) is 0.471. The Morgan fingerprint density at radius 2 is 2.29 bits per heavy atom. The zero-order valence-corrected chi connectivity index (χ0v) is 10.1. The molecule has 0 aliphatic heterocycles. The Balaban J connectivity index is 2.11. The fourth-order valence-electron chi connectivity index (χ4n) is 1.93. The highest BCUT2D eigenvalue weighted by atomic mass is 16.6. The van der Waals surface area contributed by atoms with Gasteiger partial charge in [-0.05, 0) is 44.2 Å². The molecule has 5 heteroatoms. The summed E-state index contributed by atoms with van der Waals surface area (Å²) in [6.45, 7) is 2.41. The Morgan fingerprint density at radius 3 is 3.12 bits per heavy atom. The maximum absolute atomic E-state index is 5.64. The molecule has 0 aromatic carbocycles. The van der Waals surface area contributed by atoms with Crippen molar-refractivity contribution in [3.05, 3.63) is 23.4 Å². The van der Waals surface area contributed by atoms with Gasteiger partial charge in [-0.1, -0.05) is 6.07 Å². The van der Waals surface area contributed by atoms with Gasteiger partial charge >= 0.3 is 0 Å². The molecule has 1 aliphatic carbocycles. The van der Waals surface area contributed by atoms with Crippen molar-refractivity contribution in [1.29, 1.82) is 0 Å². The van der Waals surface area contributed by atoms with E-state index in [0.717, 1.165) is 18.5 Å². The van der Waals surface area contributed by atoms with Crippen LogP contribution in [0.25, 0.3) is 0 Å². The summed E-state index contributed by atoms with van der Waals surface area (Å²) < 4.78 is 0. The molecule has 0 radical (unpaired) electrons. The van der Waals surface area contributed by atoms with Crippen molar-refractivity contribution in [3.8, 4) is 0 Å².